The quantitative estimate of drug-likeness (QED) is 0.489. The maximum Gasteiger partial charge on any atom is 0.342 e. The summed E-state index contributed by atoms with van der Waals surface area (Å²) in [6.07, 6.45) is 0. The Kier molecular flexibility index (Phi) is 4.95. The number of Topliss-reactive ketones (excluding diaryl/α,β-unsaturated/α-hetero) is 1. The number of esters is 1. The molecule has 4 nitrogen and oxygen atoms in total. The largest absolute Gasteiger partial charge is 0.507 e. The third-order valence-corrected chi connectivity index (χ3v) is 3.59. The molecule has 0 atom stereocenters. The summed E-state index contributed by atoms with van der Waals surface area (Å²) < 4.78 is 5.96. The molecule has 0 radical (unpaired) electrons. The number of aryl methyl sites for hydroxylation is 1. The van der Waals surface area contributed by atoms with Gasteiger partial charge in [0.1, 0.15) is 11.3 Å². The van der Waals surface area contributed by atoms with Crippen LogP contribution in [0.1, 0.15) is 26.3 Å². The fourth-order valence-corrected chi connectivity index (χ4v) is 2.10. The summed E-state index contributed by atoms with van der Waals surface area (Å²) in [5, 5.41) is 9.69. The lowest BCUT2D eigenvalue weighted by Gasteiger charge is -2.06. The molecule has 0 saturated heterocycles. The number of ether oxygens (including phenoxy) is 1. The van der Waals surface area contributed by atoms with Gasteiger partial charge in [-0.25, -0.2) is 4.79 Å². The molecule has 0 aliphatic carbocycles. The number of halogens is 1. The minimum absolute atomic E-state index is 0.0519. The predicted octanol–water partition coefficient (Wildman–Crippen LogP) is 3.34. The Bertz CT molecular complexity index is 677. The molecule has 0 amide bonds. The fourth-order valence-electron chi connectivity index (χ4n) is 1.74. The average Bonchev–Trinajstić information content (AvgIpc) is 2.45. The molecule has 0 saturated carbocycles. The Morgan fingerprint density at radius 3 is 2.43 bits per heavy atom. The first-order valence-corrected chi connectivity index (χ1v) is 7.31. The van der Waals surface area contributed by atoms with Crippen molar-refractivity contribution in [3.63, 3.8) is 0 Å². The number of rotatable bonds is 4. The summed E-state index contributed by atoms with van der Waals surface area (Å²) >= 11 is 2.14. The molecule has 0 spiro atoms. The highest BCUT2D eigenvalue weighted by molar-refractivity contribution is 14.1. The van der Waals surface area contributed by atoms with Crippen molar-refractivity contribution >= 4 is 34.3 Å². The van der Waals surface area contributed by atoms with Gasteiger partial charge in [0.2, 0.25) is 0 Å². The molecule has 2 aromatic rings. The number of carbonyl (C=O) groups is 2. The second-order valence-electron chi connectivity index (χ2n) is 4.53. The van der Waals surface area contributed by atoms with E-state index in [9.17, 15) is 14.7 Å². The van der Waals surface area contributed by atoms with E-state index < -0.39 is 5.97 Å². The Labute approximate surface area is 135 Å². The van der Waals surface area contributed by atoms with Gasteiger partial charge in [-0.1, -0.05) is 18.2 Å². The van der Waals surface area contributed by atoms with Crippen LogP contribution in [0.15, 0.2) is 42.5 Å². The summed E-state index contributed by atoms with van der Waals surface area (Å²) in [5.74, 6) is -1.15. The molecule has 108 valence electrons. The minimum Gasteiger partial charge on any atom is -0.507 e. The molecular formula is C16H13IO4. The van der Waals surface area contributed by atoms with Gasteiger partial charge in [0, 0.05) is 9.13 Å². The highest BCUT2D eigenvalue weighted by atomic mass is 127. The lowest BCUT2D eigenvalue weighted by Crippen LogP contribution is -2.14. The summed E-state index contributed by atoms with van der Waals surface area (Å²) in [5.41, 5.74) is 1.37. The van der Waals surface area contributed by atoms with Gasteiger partial charge in [0.25, 0.3) is 0 Å². The summed E-state index contributed by atoms with van der Waals surface area (Å²) in [4.78, 5) is 23.7. The fraction of sp³-hybridized carbons (Fsp3) is 0.125. The van der Waals surface area contributed by atoms with Crippen LogP contribution in [0, 0.1) is 10.5 Å². The molecule has 5 heteroatoms. The molecule has 2 rings (SSSR count). The highest BCUT2D eigenvalue weighted by Crippen LogP contribution is 2.19. The first-order valence-electron chi connectivity index (χ1n) is 6.23. The monoisotopic (exact) mass is 396 g/mol. The Morgan fingerprint density at radius 2 is 1.81 bits per heavy atom. The number of hydrogen-bond acceptors (Lipinski definition) is 4. The zero-order valence-corrected chi connectivity index (χ0v) is 13.5. The first-order chi connectivity index (χ1) is 9.97. The zero-order chi connectivity index (χ0) is 15.4. The van der Waals surface area contributed by atoms with Gasteiger partial charge in [0.15, 0.2) is 12.4 Å². The number of benzene rings is 2. The lowest BCUT2D eigenvalue weighted by atomic mass is 10.1. The number of phenols is 1. The van der Waals surface area contributed by atoms with E-state index in [1.807, 2.05) is 0 Å². The van der Waals surface area contributed by atoms with Crippen molar-refractivity contribution in [2.45, 2.75) is 6.92 Å². The van der Waals surface area contributed by atoms with E-state index in [1.54, 1.807) is 37.3 Å². The van der Waals surface area contributed by atoms with Crippen LogP contribution in [-0.4, -0.2) is 23.5 Å². The zero-order valence-electron chi connectivity index (χ0n) is 11.3. The molecule has 0 bridgehead atoms. The van der Waals surface area contributed by atoms with Gasteiger partial charge in [-0.2, -0.15) is 0 Å². The summed E-state index contributed by atoms with van der Waals surface area (Å²) in [7, 11) is 0. The van der Waals surface area contributed by atoms with Crippen LogP contribution in [0.5, 0.6) is 5.75 Å². The predicted molar refractivity (Wildman–Crippen MR) is 86.6 cm³/mol. The normalized spacial score (nSPS) is 10.2. The third kappa shape index (κ3) is 4.04. The average molecular weight is 396 g/mol. The van der Waals surface area contributed by atoms with Crippen LogP contribution in [0.3, 0.4) is 0 Å². The summed E-state index contributed by atoms with van der Waals surface area (Å²) in [6, 6.07) is 11.6. The molecule has 2 aromatic carbocycles. The number of aromatic hydroxyl groups is 1. The van der Waals surface area contributed by atoms with Crippen LogP contribution in [-0.2, 0) is 4.74 Å². The van der Waals surface area contributed by atoms with E-state index in [0.717, 1.165) is 9.13 Å². The molecule has 21 heavy (non-hydrogen) atoms. The van der Waals surface area contributed by atoms with Crippen molar-refractivity contribution in [3.8, 4) is 5.75 Å². The number of hydrogen-bond donors (Lipinski definition) is 1. The van der Waals surface area contributed by atoms with Gasteiger partial charge in [0.05, 0.1) is 0 Å². The Hall–Kier alpha value is -1.89. The van der Waals surface area contributed by atoms with Crippen molar-refractivity contribution in [1.29, 1.82) is 0 Å². The van der Waals surface area contributed by atoms with Crippen LogP contribution in [0.25, 0.3) is 0 Å². The van der Waals surface area contributed by atoms with Gasteiger partial charge >= 0.3 is 5.97 Å². The number of phenolic OH excluding ortho intramolecular Hbond substituents is 1. The van der Waals surface area contributed by atoms with E-state index in [-0.39, 0.29) is 23.7 Å². The van der Waals surface area contributed by atoms with E-state index in [1.165, 1.54) is 12.1 Å². The Balaban J connectivity index is 2.00. The van der Waals surface area contributed by atoms with Crippen molar-refractivity contribution in [3.05, 3.63) is 62.7 Å². The highest BCUT2D eigenvalue weighted by Gasteiger charge is 2.15. The second-order valence-corrected chi connectivity index (χ2v) is 5.77. The second kappa shape index (κ2) is 6.71. The van der Waals surface area contributed by atoms with E-state index in [4.69, 9.17) is 4.74 Å². The van der Waals surface area contributed by atoms with Gasteiger partial charge < -0.3 is 9.84 Å². The molecule has 0 aromatic heterocycles. The van der Waals surface area contributed by atoms with Crippen molar-refractivity contribution in [2.75, 3.05) is 6.61 Å². The van der Waals surface area contributed by atoms with Crippen LogP contribution in [0.4, 0.5) is 0 Å². The third-order valence-electron chi connectivity index (χ3n) is 2.87. The van der Waals surface area contributed by atoms with Gasteiger partial charge in [-0.15, -0.1) is 0 Å². The van der Waals surface area contributed by atoms with E-state index >= 15 is 0 Å². The first kappa shape index (κ1) is 15.5. The maximum atomic E-state index is 11.9. The summed E-state index contributed by atoms with van der Waals surface area (Å²) in [6.45, 7) is 1.45. The molecule has 0 unspecified atom stereocenters. The molecule has 0 heterocycles. The van der Waals surface area contributed by atoms with Gasteiger partial charge in [-0.3, -0.25) is 4.79 Å². The number of ketones is 1. The standard InChI is InChI=1S/C16H13IO4/c1-10-2-7-13(14(18)8-10)16(20)21-9-15(19)11-3-5-12(17)6-4-11/h2-8,18H,9H2,1H3. The SMILES string of the molecule is Cc1ccc(C(=O)OCC(=O)c2ccc(I)cc2)c(O)c1. The van der Waals surface area contributed by atoms with Gasteiger partial charge in [-0.05, 0) is 59.3 Å². The van der Waals surface area contributed by atoms with Crippen molar-refractivity contribution < 1.29 is 19.4 Å². The lowest BCUT2D eigenvalue weighted by molar-refractivity contribution is 0.0472. The minimum atomic E-state index is -0.716. The van der Waals surface area contributed by atoms with E-state index in [0.29, 0.717) is 5.56 Å². The smallest absolute Gasteiger partial charge is 0.342 e. The van der Waals surface area contributed by atoms with Crippen LogP contribution < -0.4 is 0 Å². The molecule has 1 N–H and O–H groups in total. The van der Waals surface area contributed by atoms with Crippen molar-refractivity contribution in [2.24, 2.45) is 0 Å². The number of carbonyl (C=O) groups excluding carboxylic acids is 2. The maximum absolute atomic E-state index is 11.9. The van der Waals surface area contributed by atoms with Crippen LogP contribution >= 0.6 is 22.6 Å². The van der Waals surface area contributed by atoms with E-state index in [2.05, 4.69) is 22.6 Å². The molecule has 0 fully saturated rings. The molecule has 0 aliphatic heterocycles. The molecular weight excluding hydrogens is 383 g/mol. The molecule has 0 aliphatic rings. The van der Waals surface area contributed by atoms with Crippen LogP contribution in [0.2, 0.25) is 0 Å². The Morgan fingerprint density at radius 1 is 1.14 bits per heavy atom. The topological polar surface area (TPSA) is 63.6 Å². The van der Waals surface area contributed by atoms with Crippen molar-refractivity contribution in [1.82, 2.24) is 0 Å².